The molecule has 0 aromatic heterocycles. The van der Waals surface area contributed by atoms with Gasteiger partial charge in [-0.1, -0.05) is 29.8 Å². The molecule has 40 heavy (non-hydrogen) atoms. The molecule has 0 spiro atoms. The van der Waals surface area contributed by atoms with Gasteiger partial charge >= 0.3 is 11.9 Å². The zero-order valence-corrected chi connectivity index (χ0v) is 24.5. The maximum absolute atomic E-state index is 15.4. The molecule has 0 amide bonds. The number of halogens is 2. The number of allylic oxidation sites excluding steroid dienone is 1. The molecule has 2 aliphatic heterocycles. The van der Waals surface area contributed by atoms with Crippen LogP contribution in [-0.4, -0.2) is 53.5 Å². The average Bonchev–Trinajstić information content (AvgIpc) is 2.91. The monoisotopic (exact) mass is 611 g/mol. The molecule has 13 heteroatoms. The Kier molecular flexibility index (Phi) is 8.00. The highest BCUT2D eigenvalue weighted by Crippen LogP contribution is 2.49. The van der Waals surface area contributed by atoms with Crippen molar-refractivity contribution in [2.45, 2.75) is 43.4 Å². The van der Waals surface area contributed by atoms with Crippen molar-refractivity contribution in [3.63, 3.8) is 0 Å². The van der Waals surface area contributed by atoms with Gasteiger partial charge in [0.15, 0.2) is 9.84 Å². The summed E-state index contributed by atoms with van der Waals surface area (Å²) in [6.45, 7) is 5.73. The number of nitrogens with zero attached hydrogens (tertiary/aromatic N) is 1. The van der Waals surface area contributed by atoms with Gasteiger partial charge in [0, 0.05) is 22.2 Å². The summed E-state index contributed by atoms with van der Waals surface area (Å²) in [5.74, 6) is -6.24. The Labute approximate surface area is 236 Å². The Bertz CT molecular complexity index is 1650. The highest BCUT2D eigenvalue weighted by atomic mass is 35.5. The van der Waals surface area contributed by atoms with Gasteiger partial charge in [-0.25, -0.2) is 21.2 Å². The first-order valence-electron chi connectivity index (χ1n) is 12.2. The quantitative estimate of drug-likeness (QED) is 0.362. The first kappa shape index (κ1) is 29.9. The molecule has 0 bridgehead atoms. The van der Waals surface area contributed by atoms with Crippen molar-refractivity contribution >= 4 is 48.9 Å². The van der Waals surface area contributed by atoms with E-state index in [1.807, 2.05) is 0 Å². The second kappa shape index (κ2) is 10.7. The fourth-order valence-electron chi connectivity index (χ4n) is 4.64. The fourth-order valence-corrected chi connectivity index (χ4v) is 8.96. The van der Waals surface area contributed by atoms with Gasteiger partial charge in [0.25, 0.3) is 0 Å². The van der Waals surface area contributed by atoms with Crippen molar-refractivity contribution in [3.8, 4) is 0 Å². The van der Waals surface area contributed by atoms with E-state index in [0.717, 1.165) is 12.1 Å². The average molecular weight is 612 g/mol. The number of esters is 2. The summed E-state index contributed by atoms with van der Waals surface area (Å²) in [6.07, 6.45) is 0. The zero-order chi connectivity index (χ0) is 29.6. The van der Waals surface area contributed by atoms with Gasteiger partial charge in [-0.2, -0.15) is 0 Å². The van der Waals surface area contributed by atoms with Crippen molar-refractivity contribution in [1.82, 2.24) is 0 Å². The number of benzene rings is 2. The standard InChI is InChI=1S/C27H27ClFNO8S2/c1-15-21(25(31)37-12-13-38-26(32)27(2,3)4)23(22-16(28)8-7-9-17(22)29)24-18(30-15)14-39(33,34)19-10-5-6-11-20(19)40(24,35)36/h5-11,21,23H,12-14H2,1-4H3. The number of carbonyl (C=O) groups excluding carboxylic acids is 2. The third-order valence-corrected chi connectivity index (χ3v) is 10.6. The van der Waals surface area contributed by atoms with Crippen LogP contribution in [-0.2, 0) is 38.7 Å². The lowest BCUT2D eigenvalue weighted by atomic mass is 9.80. The van der Waals surface area contributed by atoms with Gasteiger partial charge in [0.05, 0.1) is 31.6 Å². The Morgan fingerprint density at radius 3 is 2.25 bits per heavy atom. The summed E-state index contributed by atoms with van der Waals surface area (Å²) in [5, 5.41) is -0.168. The lowest BCUT2D eigenvalue weighted by molar-refractivity contribution is -0.159. The van der Waals surface area contributed by atoms with Crippen molar-refractivity contribution < 1.29 is 40.3 Å². The van der Waals surface area contributed by atoms with Crippen LogP contribution in [0.4, 0.5) is 4.39 Å². The van der Waals surface area contributed by atoms with E-state index in [4.69, 9.17) is 21.1 Å². The van der Waals surface area contributed by atoms with Crippen LogP contribution in [0.5, 0.6) is 0 Å². The molecule has 2 aromatic rings. The van der Waals surface area contributed by atoms with E-state index in [2.05, 4.69) is 4.99 Å². The number of hydrogen-bond acceptors (Lipinski definition) is 9. The highest BCUT2D eigenvalue weighted by molar-refractivity contribution is 7.97. The Balaban J connectivity index is 1.84. The van der Waals surface area contributed by atoms with Crippen molar-refractivity contribution in [1.29, 1.82) is 0 Å². The van der Waals surface area contributed by atoms with Crippen LogP contribution in [0.25, 0.3) is 0 Å². The fraction of sp³-hybridized carbons (Fsp3) is 0.370. The van der Waals surface area contributed by atoms with Crippen LogP contribution in [0.3, 0.4) is 0 Å². The Morgan fingerprint density at radius 2 is 1.62 bits per heavy atom. The smallest absolute Gasteiger partial charge is 0.315 e. The van der Waals surface area contributed by atoms with Crippen LogP contribution in [0.1, 0.15) is 39.2 Å². The molecule has 2 unspecified atom stereocenters. The number of carbonyl (C=O) groups is 2. The molecule has 2 aromatic carbocycles. The van der Waals surface area contributed by atoms with Gasteiger partial charge in [0.1, 0.15) is 24.9 Å². The molecule has 214 valence electrons. The van der Waals surface area contributed by atoms with Crippen LogP contribution in [0, 0.1) is 17.2 Å². The molecule has 9 nitrogen and oxygen atoms in total. The van der Waals surface area contributed by atoms with Crippen LogP contribution in [0.15, 0.2) is 67.9 Å². The summed E-state index contributed by atoms with van der Waals surface area (Å²) in [6, 6.07) is 8.79. The lowest BCUT2D eigenvalue weighted by Gasteiger charge is -2.32. The number of sulfone groups is 2. The molecular formula is C27H27ClFNO8S2. The SMILES string of the molecule is CC1=NC2=C(C(c3c(F)cccc3Cl)C1C(=O)OCCOC(=O)C(C)(C)C)S(=O)(=O)c1ccccc1S(=O)(=O)C2. The molecule has 0 saturated heterocycles. The first-order chi connectivity index (χ1) is 18.6. The minimum absolute atomic E-state index is 0.0103. The van der Waals surface area contributed by atoms with Gasteiger partial charge in [0.2, 0.25) is 9.84 Å². The number of aliphatic imine (C=N–C) groups is 1. The topological polar surface area (TPSA) is 133 Å². The molecule has 2 aliphatic rings. The largest absolute Gasteiger partial charge is 0.462 e. The molecule has 0 radical (unpaired) electrons. The summed E-state index contributed by atoms with van der Waals surface area (Å²) in [5.41, 5.74) is -1.42. The summed E-state index contributed by atoms with van der Waals surface area (Å²) >= 11 is 6.38. The summed E-state index contributed by atoms with van der Waals surface area (Å²) in [7, 11) is -8.81. The van der Waals surface area contributed by atoms with E-state index in [1.165, 1.54) is 37.3 Å². The van der Waals surface area contributed by atoms with E-state index >= 15 is 4.39 Å². The predicted octanol–water partition coefficient (Wildman–Crippen LogP) is 4.26. The molecule has 0 saturated carbocycles. The van der Waals surface area contributed by atoms with Crippen LogP contribution in [0.2, 0.25) is 5.02 Å². The second-order valence-corrected chi connectivity index (χ2v) is 14.7. The first-order valence-corrected chi connectivity index (χ1v) is 15.7. The summed E-state index contributed by atoms with van der Waals surface area (Å²) < 4.78 is 80.5. The van der Waals surface area contributed by atoms with E-state index in [1.54, 1.807) is 20.8 Å². The van der Waals surface area contributed by atoms with Crippen LogP contribution >= 0.6 is 11.6 Å². The minimum Gasteiger partial charge on any atom is -0.462 e. The molecule has 2 heterocycles. The number of rotatable bonds is 5. The number of hydrogen-bond donors (Lipinski definition) is 0. The van der Waals surface area contributed by atoms with Crippen LogP contribution < -0.4 is 0 Å². The van der Waals surface area contributed by atoms with E-state index in [0.29, 0.717) is 0 Å². The molecule has 0 N–H and O–H groups in total. The minimum atomic E-state index is -4.63. The van der Waals surface area contributed by atoms with Gasteiger partial charge in [-0.15, -0.1) is 0 Å². The number of ether oxygens (including phenoxy) is 2. The maximum Gasteiger partial charge on any atom is 0.315 e. The normalized spacial score (nSPS) is 21.4. The van der Waals surface area contributed by atoms with Gasteiger partial charge in [-0.05, 0) is 52.0 Å². The van der Waals surface area contributed by atoms with Crippen molar-refractivity contribution in [2.24, 2.45) is 16.3 Å². The van der Waals surface area contributed by atoms with Crippen molar-refractivity contribution in [2.75, 3.05) is 19.0 Å². The Morgan fingerprint density at radius 1 is 1.00 bits per heavy atom. The summed E-state index contributed by atoms with van der Waals surface area (Å²) in [4.78, 5) is 28.3. The zero-order valence-electron chi connectivity index (χ0n) is 22.1. The lowest BCUT2D eigenvalue weighted by Crippen LogP contribution is -2.37. The third-order valence-electron chi connectivity index (χ3n) is 6.49. The second-order valence-electron chi connectivity index (χ2n) is 10.4. The van der Waals surface area contributed by atoms with E-state index in [9.17, 15) is 26.4 Å². The molecule has 2 atom stereocenters. The molecule has 0 aliphatic carbocycles. The number of fused-ring (bicyclic) bond motifs is 1. The molecular weight excluding hydrogens is 585 g/mol. The molecule has 0 fully saturated rings. The molecule has 4 rings (SSSR count). The predicted molar refractivity (Wildman–Crippen MR) is 145 cm³/mol. The van der Waals surface area contributed by atoms with Crippen molar-refractivity contribution in [3.05, 3.63) is 69.5 Å². The maximum atomic E-state index is 15.4. The van der Waals surface area contributed by atoms with Gasteiger partial charge in [-0.3, -0.25) is 14.6 Å². The van der Waals surface area contributed by atoms with E-state index in [-0.39, 0.29) is 35.2 Å². The third kappa shape index (κ3) is 5.44. The Hall–Kier alpha value is -3.09. The van der Waals surface area contributed by atoms with Gasteiger partial charge < -0.3 is 9.47 Å². The van der Waals surface area contributed by atoms with E-state index < -0.39 is 75.1 Å². The highest BCUT2D eigenvalue weighted by Gasteiger charge is 2.49.